The van der Waals surface area contributed by atoms with E-state index in [9.17, 15) is 0 Å². The highest BCUT2D eigenvalue weighted by Gasteiger charge is 2.18. The number of hydrogen-bond donors (Lipinski definition) is 0. The summed E-state index contributed by atoms with van der Waals surface area (Å²) in [5.74, 6) is 0.863. The molecular weight excluding hydrogens is 136 g/mol. The Morgan fingerprint density at radius 2 is 2.09 bits per heavy atom. The Bertz CT molecular complexity index is 95.0. The number of unbranched alkanes of at least 4 members (excludes halogenated alkanes) is 1. The van der Waals surface area contributed by atoms with E-state index >= 15 is 0 Å². The number of hydrogen-bond acceptors (Lipinski definition) is 1. The van der Waals surface area contributed by atoms with E-state index in [1.807, 2.05) is 0 Å². The van der Waals surface area contributed by atoms with E-state index in [1.165, 1.54) is 38.2 Å². The summed E-state index contributed by atoms with van der Waals surface area (Å²) in [7, 11) is 0. The summed E-state index contributed by atoms with van der Waals surface area (Å²) in [5.41, 5.74) is 0. The zero-order chi connectivity index (χ0) is 8.10. The van der Waals surface area contributed by atoms with Gasteiger partial charge in [-0.05, 0) is 12.3 Å². The average Bonchev–Trinajstić information content (AvgIpc) is 1.82. The first-order valence-corrected chi connectivity index (χ1v) is 4.76. The second-order valence-corrected chi connectivity index (χ2v) is 3.78. The molecule has 65 valence electrons. The SMILES string of the molecule is CC(C)CCCC[C]1CCO1. The normalized spacial score (nSPS) is 18.8. The Balaban J connectivity index is 1.80. The Morgan fingerprint density at radius 3 is 2.55 bits per heavy atom. The average molecular weight is 155 g/mol. The minimum absolute atomic E-state index is 0.863. The molecule has 1 fully saturated rings. The van der Waals surface area contributed by atoms with Crippen molar-refractivity contribution in [2.75, 3.05) is 6.61 Å². The molecule has 0 N–H and O–H groups in total. The van der Waals surface area contributed by atoms with Crippen molar-refractivity contribution in [2.45, 2.75) is 46.0 Å². The van der Waals surface area contributed by atoms with E-state index in [0.717, 1.165) is 12.5 Å². The van der Waals surface area contributed by atoms with Crippen LogP contribution in [0, 0.1) is 12.0 Å². The highest BCUT2D eigenvalue weighted by atomic mass is 16.5. The highest BCUT2D eigenvalue weighted by Crippen LogP contribution is 2.25. The van der Waals surface area contributed by atoms with Gasteiger partial charge < -0.3 is 4.74 Å². The zero-order valence-electron chi connectivity index (χ0n) is 7.73. The molecule has 1 aliphatic rings. The van der Waals surface area contributed by atoms with Crippen molar-refractivity contribution < 1.29 is 4.74 Å². The quantitative estimate of drug-likeness (QED) is 0.554. The standard InChI is InChI=1S/C10H19O/c1-9(2)5-3-4-6-10-7-8-11-10/h9H,3-8H2,1-2H3. The molecule has 1 heteroatoms. The van der Waals surface area contributed by atoms with Crippen LogP contribution in [-0.4, -0.2) is 6.61 Å². The fourth-order valence-electron chi connectivity index (χ4n) is 1.32. The van der Waals surface area contributed by atoms with Crippen LogP contribution in [0.5, 0.6) is 0 Å². The van der Waals surface area contributed by atoms with Crippen LogP contribution < -0.4 is 0 Å². The van der Waals surface area contributed by atoms with E-state index in [-0.39, 0.29) is 0 Å². The van der Waals surface area contributed by atoms with Crippen molar-refractivity contribution >= 4 is 0 Å². The van der Waals surface area contributed by atoms with E-state index in [0.29, 0.717) is 0 Å². The predicted molar refractivity (Wildman–Crippen MR) is 47.1 cm³/mol. The largest absolute Gasteiger partial charge is 0.372 e. The third kappa shape index (κ3) is 3.76. The first-order chi connectivity index (χ1) is 5.29. The van der Waals surface area contributed by atoms with E-state index in [2.05, 4.69) is 13.8 Å². The smallest absolute Gasteiger partial charge is 0.0993 e. The van der Waals surface area contributed by atoms with Gasteiger partial charge in [0, 0.05) is 6.42 Å². The van der Waals surface area contributed by atoms with E-state index < -0.39 is 0 Å². The first-order valence-electron chi connectivity index (χ1n) is 4.76. The van der Waals surface area contributed by atoms with Crippen LogP contribution in [0.3, 0.4) is 0 Å². The van der Waals surface area contributed by atoms with E-state index in [1.54, 1.807) is 0 Å². The van der Waals surface area contributed by atoms with Gasteiger partial charge in [0.15, 0.2) is 0 Å². The van der Waals surface area contributed by atoms with Gasteiger partial charge in [-0.3, -0.25) is 0 Å². The summed E-state index contributed by atoms with van der Waals surface area (Å²) in [4.78, 5) is 0. The Morgan fingerprint density at radius 1 is 1.36 bits per heavy atom. The second kappa shape index (κ2) is 4.76. The molecular formula is C10H19O. The maximum absolute atomic E-state index is 5.25. The van der Waals surface area contributed by atoms with Crippen LogP contribution in [-0.2, 0) is 4.74 Å². The van der Waals surface area contributed by atoms with Crippen molar-refractivity contribution in [3.8, 4) is 0 Å². The maximum Gasteiger partial charge on any atom is 0.0993 e. The predicted octanol–water partition coefficient (Wildman–Crippen LogP) is 3.16. The van der Waals surface area contributed by atoms with E-state index in [4.69, 9.17) is 4.74 Å². The Labute approximate surface area is 70.1 Å². The van der Waals surface area contributed by atoms with Gasteiger partial charge >= 0.3 is 0 Å². The van der Waals surface area contributed by atoms with Crippen molar-refractivity contribution in [1.29, 1.82) is 0 Å². The summed E-state index contributed by atoms with van der Waals surface area (Å²) in [6.45, 7) is 5.54. The van der Waals surface area contributed by atoms with Gasteiger partial charge in [0.25, 0.3) is 0 Å². The zero-order valence-corrected chi connectivity index (χ0v) is 7.73. The molecule has 1 aliphatic heterocycles. The molecule has 0 aromatic rings. The molecule has 11 heavy (non-hydrogen) atoms. The Hall–Kier alpha value is -0.0400. The molecule has 1 radical (unpaired) electrons. The van der Waals surface area contributed by atoms with Gasteiger partial charge in [0.1, 0.15) is 0 Å². The lowest BCUT2D eigenvalue weighted by atomic mass is 10.0. The summed E-state index contributed by atoms with van der Waals surface area (Å²) in [5, 5.41) is 0. The lowest BCUT2D eigenvalue weighted by Crippen LogP contribution is -2.17. The molecule has 0 amide bonds. The lowest BCUT2D eigenvalue weighted by molar-refractivity contribution is 0.0336. The number of ether oxygens (including phenoxy) is 1. The second-order valence-electron chi connectivity index (χ2n) is 3.78. The third-order valence-corrected chi connectivity index (χ3v) is 2.17. The molecule has 0 atom stereocenters. The molecule has 1 saturated heterocycles. The third-order valence-electron chi connectivity index (χ3n) is 2.17. The highest BCUT2D eigenvalue weighted by molar-refractivity contribution is 4.85. The van der Waals surface area contributed by atoms with Gasteiger partial charge in [0.2, 0.25) is 0 Å². The van der Waals surface area contributed by atoms with Crippen LogP contribution in [0.25, 0.3) is 0 Å². The van der Waals surface area contributed by atoms with Crippen LogP contribution in [0.4, 0.5) is 0 Å². The number of rotatable bonds is 5. The van der Waals surface area contributed by atoms with Gasteiger partial charge in [-0.15, -0.1) is 0 Å². The van der Waals surface area contributed by atoms with Gasteiger partial charge in [-0.25, -0.2) is 0 Å². The van der Waals surface area contributed by atoms with Crippen molar-refractivity contribution in [3.05, 3.63) is 6.10 Å². The molecule has 1 nitrogen and oxygen atoms in total. The minimum atomic E-state index is 0.863. The molecule has 0 bridgehead atoms. The first kappa shape index (κ1) is 9.05. The molecule has 0 aromatic heterocycles. The topological polar surface area (TPSA) is 9.23 Å². The lowest BCUT2D eigenvalue weighted by Gasteiger charge is -2.24. The summed E-state index contributed by atoms with van der Waals surface area (Å²) < 4.78 is 5.25. The van der Waals surface area contributed by atoms with Crippen LogP contribution in [0.15, 0.2) is 0 Å². The fourth-order valence-corrected chi connectivity index (χ4v) is 1.32. The fraction of sp³-hybridized carbons (Fsp3) is 0.900. The van der Waals surface area contributed by atoms with Gasteiger partial charge in [0.05, 0.1) is 12.7 Å². The molecule has 1 rings (SSSR count). The van der Waals surface area contributed by atoms with Crippen molar-refractivity contribution in [1.82, 2.24) is 0 Å². The van der Waals surface area contributed by atoms with Gasteiger partial charge in [-0.1, -0.05) is 33.1 Å². The summed E-state index contributed by atoms with van der Waals surface area (Å²) in [6, 6.07) is 0. The van der Waals surface area contributed by atoms with Crippen LogP contribution in [0.2, 0.25) is 0 Å². The molecule has 1 heterocycles. The summed E-state index contributed by atoms with van der Waals surface area (Å²) in [6.07, 6.45) is 7.84. The molecule has 0 spiro atoms. The molecule has 0 saturated carbocycles. The van der Waals surface area contributed by atoms with Crippen LogP contribution >= 0.6 is 0 Å². The maximum atomic E-state index is 5.25. The Kier molecular flexibility index (Phi) is 3.92. The van der Waals surface area contributed by atoms with Gasteiger partial charge in [-0.2, -0.15) is 0 Å². The monoisotopic (exact) mass is 155 g/mol. The molecule has 0 aliphatic carbocycles. The summed E-state index contributed by atoms with van der Waals surface area (Å²) >= 11 is 0. The molecule has 0 unspecified atom stereocenters. The molecule has 0 aromatic carbocycles. The minimum Gasteiger partial charge on any atom is -0.372 e. The van der Waals surface area contributed by atoms with Crippen molar-refractivity contribution in [3.63, 3.8) is 0 Å². The van der Waals surface area contributed by atoms with Crippen LogP contribution in [0.1, 0.15) is 46.0 Å². The van der Waals surface area contributed by atoms with Crippen molar-refractivity contribution in [2.24, 2.45) is 5.92 Å².